The molecule has 2 aromatic rings. The van der Waals surface area contributed by atoms with E-state index < -0.39 is 29.7 Å². The van der Waals surface area contributed by atoms with Crippen LogP contribution in [0, 0.1) is 23.2 Å². The molecule has 2 aromatic carbocycles. The fourth-order valence-corrected chi connectivity index (χ4v) is 9.40. The molecule has 8 atom stereocenters. The molecule has 8 heteroatoms. The number of methoxy groups -OCH3 is 2. The van der Waals surface area contributed by atoms with Gasteiger partial charge in [-0.05, 0) is 73.8 Å². The zero-order valence-electron chi connectivity index (χ0n) is 28.4. The van der Waals surface area contributed by atoms with E-state index in [0.717, 1.165) is 29.1 Å². The summed E-state index contributed by atoms with van der Waals surface area (Å²) in [6.07, 6.45) is 4.43. The Labute approximate surface area is 279 Å². The van der Waals surface area contributed by atoms with Gasteiger partial charge in [0.1, 0.15) is 24.2 Å². The SMILES string of the molecule is C=C[C@@H](OCc1ccc(OC)cc1)[C@]1([C@@H]2[C@H](C)[C@H](O)[C@H](OCOC)[C@H]3CC/C(=C\[C@H]2Sc2ccccc2)C3(C)C)COC(C)(C)O1. The molecule has 0 spiro atoms. The van der Waals surface area contributed by atoms with Gasteiger partial charge >= 0.3 is 0 Å². The highest BCUT2D eigenvalue weighted by Gasteiger charge is 2.61. The maximum atomic E-state index is 12.4. The zero-order valence-corrected chi connectivity index (χ0v) is 29.3. The summed E-state index contributed by atoms with van der Waals surface area (Å²) in [5, 5.41) is 12.4. The first-order chi connectivity index (χ1) is 22.0. The molecule has 2 bridgehead atoms. The minimum absolute atomic E-state index is 0.0780. The van der Waals surface area contributed by atoms with Crippen molar-refractivity contribution in [3.63, 3.8) is 0 Å². The van der Waals surface area contributed by atoms with Crippen LogP contribution in [0.2, 0.25) is 0 Å². The van der Waals surface area contributed by atoms with Crippen molar-refractivity contribution in [2.75, 3.05) is 27.6 Å². The number of aliphatic hydroxyl groups excluding tert-OH is 1. The summed E-state index contributed by atoms with van der Waals surface area (Å²) in [5.41, 5.74) is 1.24. The molecule has 0 unspecified atom stereocenters. The van der Waals surface area contributed by atoms with E-state index in [4.69, 9.17) is 28.4 Å². The molecule has 1 N–H and O–H groups in total. The highest BCUT2D eigenvalue weighted by atomic mass is 32.2. The minimum Gasteiger partial charge on any atom is -0.497 e. The predicted molar refractivity (Wildman–Crippen MR) is 182 cm³/mol. The van der Waals surface area contributed by atoms with E-state index in [-0.39, 0.29) is 41.8 Å². The van der Waals surface area contributed by atoms with Gasteiger partial charge in [-0.1, -0.05) is 68.8 Å². The van der Waals surface area contributed by atoms with Gasteiger partial charge in [0.05, 0.1) is 32.5 Å². The van der Waals surface area contributed by atoms with Gasteiger partial charge in [0.15, 0.2) is 5.79 Å². The Morgan fingerprint density at radius 1 is 1.07 bits per heavy atom. The number of fused-ring (bicyclic) bond motifs is 2. The molecule has 1 aliphatic heterocycles. The summed E-state index contributed by atoms with van der Waals surface area (Å²) >= 11 is 1.81. The lowest BCUT2D eigenvalue weighted by molar-refractivity contribution is -0.217. The molecule has 2 fully saturated rings. The fourth-order valence-electron chi connectivity index (χ4n) is 7.92. The Hall–Kier alpha value is -2.17. The largest absolute Gasteiger partial charge is 0.497 e. The highest BCUT2D eigenvalue weighted by molar-refractivity contribution is 8.00. The quantitative estimate of drug-likeness (QED) is 0.188. The molecule has 2 aliphatic carbocycles. The second-order valence-corrected chi connectivity index (χ2v) is 15.2. The van der Waals surface area contributed by atoms with E-state index in [0.29, 0.717) is 6.61 Å². The second kappa shape index (κ2) is 14.5. The van der Waals surface area contributed by atoms with E-state index >= 15 is 0 Å². The number of aliphatic hydroxyl groups is 1. The first kappa shape index (κ1) is 35.1. The van der Waals surface area contributed by atoms with Crippen LogP contribution in [0.5, 0.6) is 5.75 Å². The van der Waals surface area contributed by atoms with Crippen molar-refractivity contribution in [2.24, 2.45) is 23.2 Å². The lowest BCUT2D eigenvalue weighted by atomic mass is 9.69. The number of thioether (sulfide) groups is 1. The lowest BCUT2D eigenvalue weighted by Gasteiger charge is -2.48. The van der Waals surface area contributed by atoms with Gasteiger partial charge in [0, 0.05) is 23.2 Å². The van der Waals surface area contributed by atoms with Crippen LogP contribution in [0.25, 0.3) is 0 Å². The average molecular weight is 653 g/mol. The zero-order chi connectivity index (χ0) is 33.1. The average Bonchev–Trinajstić information content (AvgIpc) is 3.52. The molecule has 5 rings (SSSR count). The molecule has 252 valence electrons. The molecule has 1 heterocycles. The Kier molecular flexibility index (Phi) is 11.1. The first-order valence-corrected chi connectivity index (χ1v) is 17.3. The van der Waals surface area contributed by atoms with Crippen LogP contribution in [-0.4, -0.2) is 67.7 Å². The maximum Gasteiger partial charge on any atom is 0.163 e. The van der Waals surface area contributed by atoms with Crippen LogP contribution in [0.3, 0.4) is 0 Å². The van der Waals surface area contributed by atoms with Crippen molar-refractivity contribution in [3.05, 3.63) is 84.5 Å². The Bertz CT molecular complexity index is 1330. The van der Waals surface area contributed by atoms with Gasteiger partial charge in [0.25, 0.3) is 0 Å². The fraction of sp³-hybridized carbons (Fsp3) is 0.579. The number of ether oxygens (including phenoxy) is 6. The number of hydrogen-bond acceptors (Lipinski definition) is 8. The normalized spacial score (nSPS) is 33.7. The molecule has 3 aliphatic rings. The van der Waals surface area contributed by atoms with Crippen molar-refractivity contribution >= 4 is 11.8 Å². The molecule has 0 aromatic heterocycles. The Morgan fingerprint density at radius 3 is 2.39 bits per heavy atom. The van der Waals surface area contributed by atoms with Crippen LogP contribution in [-0.2, 0) is 30.3 Å². The van der Waals surface area contributed by atoms with Crippen LogP contribution >= 0.6 is 11.8 Å². The summed E-state index contributed by atoms with van der Waals surface area (Å²) in [7, 11) is 3.28. The van der Waals surface area contributed by atoms with Crippen molar-refractivity contribution in [3.8, 4) is 5.75 Å². The molecular weight excluding hydrogens is 600 g/mol. The number of rotatable bonds is 12. The van der Waals surface area contributed by atoms with E-state index in [9.17, 15) is 5.11 Å². The molecule has 1 saturated carbocycles. The van der Waals surface area contributed by atoms with E-state index in [1.54, 1.807) is 14.2 Å². The summed E-state index contributed by atoms with van der Waals surface area (Å²) in [5.74, 6) is -0.487. The summed E-state index contributed by atoms with van der Waals surface area (Å²) in [6.45, 7) is 15.6. The third-order valence-electron chi connectivity index (χ3n) is 10.4. The smallest absolute Gasteiger partial charge is 0.163 e. The summed E-state index contributed by atoms with van der Waals surface area (Å²) in [6, 6.07) is 18.3. The summed E-state index contributed by atoms with van der Waals surface area (Å²) in [4.78, 5) is 1.15. The molecule has 7 nitrogen and oxygen atoms in total. The van der Waals surface area contributed by atoms with Crippen LogP contribution in [0.4, 0.5) is 0 Å². The molecule has 0 amide bonds. The lowest BCUT2D eigenvalue weighted by Crippen LogP contribution is -2.59. The van der Waals surface area contributed by atoms with E-state index in [1.807, 2.05) is 62.0 Å². The van der Waals surface area contributed by atoms with Gasteiger partial charge in [-0.25, -0.2) is 0 Å². The van der Waals surface area contributed by atoms with Gasteiger partial charge in [0.2, 0.25) is 0 Å². The molecular formula is C38H52O7S. The highest BCUT2D eigenvalue weighted by Crippen LogP contribution is 2.56. The van der Waals surface area contributed by atoms with Gasteiger partial charge in [-0.2, -0.15) is 0 Å². The van der Waals surface area contributed by atoms with Crippen molar-refractivity contribution < 1.29 is 33.5 Å². The van der Waals surface area contributed by atoms with Crippen LogP contribution in [0.1, 0.15) is 53.0 Å². The minimum atomic E-state index is -0.971. The van der Waals surface area contributed by atoms with Gasteiger partial charge in [-0.3, -0.25) is 0 Å². The molecule has 1 saturated heterocycles. The van der Waals surface area contributed by atoms with Crippen LogP contribution < -0.4 is 4.74 Å². The third-order valence-corrected chi connectivity index (χ3v) is 11.6. The van der Waals surface area contributed by atoms with Crippen molar-refractivity contribution in [1.82, 2.24) is 0 Å². The molecule has 0 radical (unpaired) electrons. The third kappa shape index (κ3) is 7.14. The van der Waals surface area contributed by atoms with Gasteiger partial charge in [-0.15, -0.1) is 18.3 Å². The first-order valence-electron chi connectivity index (χ1n) is 16.4. The van der Waals surface area contributed by atoms with Crippen LogP contribution in [0.15, 0.2) is 83.8 Å². The Balaban J connectivity index is 1.64. The second-order valence-electron chi connectivity index (χ2n) is 13.9. The van der Waals surface area contributed by atoms with E-state index in [1.165, 1.54) is 5.57 Å². The number of hydrogen-bond donors (Lipinski definition) is 1. The topological polar surface area (TPSA) is 75.6 Å². The molecule has 46 heavy (non-hydrogen) atoms. The maximum absolute atomic E-state index is 12.4. The standard InChI is InChI=1S/C38H52O7S/c1-9-32(42-22-26-15-18-28(41-8)19-16-26)38(23-44-37(5,6)45-38)33-25(2)34(39)35(43-24-40-7)30-20-17-27(36(30,3)4)21-31(33)46-29-13-11-10-12-14-29/h9-16,18-19,21,25,30-35,39H,1,17,20,22-24H2,2-8H3/b27-21+/t25-,30+,31+,32+,33+,34-,35+,38-/m0/s1. The Morgan fingerprint density at radius 2 is 1.78 bits per heavy atom. The van der Waals surface area contributed by atoms with Crippen molar-refractivity contribution in [2.45, 2.75) is 93.9 Å². The van der Waals surface area contributed by atoms with E-state index in [2.05, 4.69) is 57.7 Å². The summed E-state index contributed by atoms with van der Waals surface area (Å²) < 4.78 is 37.4. The van der Waals surface area contributed by atoms with Gasteiger partial charge < -0.3 is 33.5 Å². The predicted octanol–water partition coefficient (Wildman–Crippen LogP) is 7.43. The van der Waals surface area contributed by atoms with Crippen molar-refractivity contribution in [1.29, 1.82) is 0 Å². The monoisotopic (exact) mass is 652 g/mol. The number of allylic oxidation sites excluding steroid dienone is 1. The number of benzene rings is 2.